The summed E-state index contributed by atoms with van der Waals surface area (Å²) in [4.78, 5) is 13.3. The van der Waals surface area contributed by atoms with E-state index >= 15 is 0 Å². The van der Waals surface area contributed by atoms with Gasteiger partial charge in [-0.3, -0.25) is 4.79 Å². The summed E-state index contributed by atoms with van der Waals surface area (Å²) in [5.74, 6) is 0.888. The van der Waals surface area contributed by atoms with Crippen LogP contribution >= 0.6 is 0 Å². The van der Waals surface area contributed by atoms with E-state index in [1.54, 1.807) is 7.11 Å². The van der Waals surface area contributed by atoms with E-state index in [9.17, 15) is 4.79 Å². The summed E-state index contributed by atoms with van der Waals surface area (Å²) in [6.45, 7) is 5.33. The Bertz CT molecular complexity index is 681. The van der Waals surface area contributed by atoms with Gasteiger partial charge in [-0.1, -0.05) is 30.7 Å². The lowest BCUT2D eigenvalue weighted by atomic mass is 10.1. The van der Waals surface area contributed by atoms with Crippen LogP contribution in [0.1, 0.15) is 23.6 Å². The summed E-state index contributed by atoms with van der Waals surface area (Å²) >= 11 is 0. The van der Waals surface area contributed by atoms with Gasteiger partial charge in [0.15, 0.2) is 6.54 Å². The van der Waals surface area contributed by atoms with Crippen LogP contribution in [0.2, 0.25) is 0 Å². The quantitative estimate of drug-likeness (QED) is 0.819. The third kappa shape index (κ3) is 5.10. The Hall–Kier alpha value is -2.33. The third-order valence-corrected chi connectivity index (χ3v) is 4.04. The van der Waals surface area contributed by atoms with Gasteiger partial charge in [0.05, 0.1) is 14.2 Å². The van der Waals surface area contributed by atoms with Gasteiger partial charge in [-0.25, -0.2) is 0 Å². The summed E-state index contributed by atoms with van der Waals surface area (Å²) in [6.07, 6.45) is 0.999. The standard InChI is InChI=1S/C20H26N2O2/c1-5-16-7-9-18(10-8-16)21-20(23)14-22(3)13-17-12-15(2)6-11-19(17)24-4/h6-12H,5,13-14H2,1-4H3,(H,21,23)/p+1. The normalized spacial score (nSPS) is 11.8. The number of ether oxygens (including phenoxy) is 1. The molecule has 4 heteroatoms. The van der Waals surface area contributed by atoms with Gasteiger partial charge >= 0.3 is 0 Å². The average molecular weight is 327 g/mol. The second-order valence-electron chi connectivity index (χ2n) is 6.22. The Balaban J connectivity index is 1.92. The first-order chi connectivity index (χ1) is 11.5. The molecule has 0 aliphatic rings. The molecule has 1 amide bonds. The van der Waals surface area contributed by atoms with E-state index in [0.717, 1.165) is 34.9 Å². The summed E-state index contributed by atoms with van der Waals surface area (Å²) < 4.78 is 5.41. The number of quaternary nitrogens is 1. The van der Waals surface area contributed by atoms with Crippen molar-refractivity contribution in [2.75, 3.05) is 26.0 Å². The van der Waals surface area contributed by atoms with Crippen molar-refractivity contribution in [1.29, 1.82) is 0 Å². The Kier molecular flexibility index (Phi) is 6.38. The van der Waals surface area contributed by atoms with Crippen molar-refractivity contribution in [2.45, 2.75) is 26.8 Å². The number of nitrogens with one attached hydrogen (secondary N) is 2. The second-order valence-corrected chi connectivity index (χ2v) is 6.22. The number of benzene rings is 2. The molecule has 0 spiro atoms. The summed E-state index contributed by atoms with van der Waals surface area (Å²) in [5, 5.41) is 2.96. The minimum Gasteiger partial charge on any atom is -0.496 e. The molecule has 2 N–H and O–H groups in total. The molecule has 0 aliphatic carbocycles. The van der Waals surface area contributed by atoms with E-state index in [1.165, 1.54) is 11.1 Å². The molecule has 0 fully saturated rings. The molecule has 2 aromatic rings. The molecule has 4 nitrogen and oxygen atoms in total. The first-order valence-corrected chi connectivity index (χ1v) is 8.35. The fourth-order valence-corrected chi connectivity index (χ4v) is 2.74. The van der Waals surface area contributed by atoms with Gasteiger partial charge in [-0.15, -0.1) is 0 Å². The third-order valence-electron chi connectivity index (χ3n) is 4.04. The van der Waals surface area contributed by atoms with E-state index in [4.69, 9.17) is 4.74 Å². The topological polar surface area (TPSA) is 42.8 Å². The maximum Gasteiger partial charge on any atom is 0.279 e. The Morgan fingerprint density at radius 2 is 1.88 bits per heavy atom. The van der Waals surface area contributed by atoms with Crippen LogP contribution in [0.25, 0.3) is 0 Å². The molecule has 0 radical (unpaired) electrons. The summed E-state index contributed by atoms with van der Waals surface area (Å²) in [5.41, 5.74) is 4.43. The maximum absolute atomic E-state index is 12.2. The summed E-state index contributed by atoms with van der Waals surface area (Å²) in [7, 11) is 3.69. The molecule has 24 heavy (non-hydrogen) atoms. The smallest absolute Gasteiger partial charge is 0.279 e. The van der Waals surface area contributed by atoms with Crippen molar-refractivity contribution in [3.05, 3.63) is 59.2 Å². The number of methoxy groups -OCH3 is 1. The minimum absolute atomic E-state index is 0.0170. The van der Waals surface area contributed by atoms with Crippen LogP contribution in [-0.4, -0.2) is 26.6 Å². The molecule has 0 aromatic heterocycles. The lowest BCUT2D eigenvalue weighted by molar-refractivity contribution is -0.885. The highest BCUT2D eigenvalue weighted by Gasteiger charge is 2.13. The molecule has 0 heterocycles. The van der Waals surface area contributed by atoms with Crippen molar-refractivity contribution >= 4 is 11.6 Å². The first kappa shape index (κ1) is 18.0. The van der Waals surface area contributed by atoms with Crippen LogP contribution in [0, 0.1) is 6.92 Å². The van der Waals surface area contributed by atoms with Gasteiger partial charge in [0.1, 0.15) is 12.3 Å². The zero-order valence-corrected chi connectivity index (χ0v) is 15.0. The maximum atomic E-state index is 12.2. The zero-order chi connectivity index (χ0) is 17.5. The van der Waals surface area contributed by atoms with E-state index in [2.05, 4.69) is 25.2 Å². The SMILES string of the molecule is CCc1ccc(NC(=O)C[NH+](C)Cc2cc(C)ccc2OC)cc1. The number of rotatable bonds is 7. The van der Waals surface area contributed by atoms with Crippen molar-refractivity contribution < 1.29 is 14.4 Å². The van der Waals surface area contributed by atoms with E-state index < -0.39 is 0 Å². The highest BCUT2D eigenvalue weighted by molar-refractivity contribution is 5.91. The van der Waals surface area contributed by atoms with Crippen LogP contribution in [0.4, 0.5) is 5.69 Å². The van der Waals surface area contributed by atoms with Crippen molar-refractivity contribution in [3.8, 4) is 5.75 Å². The fourth-order valence-electron chi connectivity index (χ4n) is 2.74. The van der Waals surface area contributed by atoms with E-state index in [-0.39, 0.29) is 5.91 Å². The molecule has 1 unspecified atom stereocenters. The molecular weight excluding hydrogens is 300 g/mol. The van der Waals surface area contributed by atoms with Gasteiger partial charge < -0.3 is 15.0 Å². The van der Waals surface area contributed by atoms with Crippen molar-refractivity contribution in [2.24, 2.45) is 0 Å². The number of hydrogen-bond acceptors (Lipinski definition) is 2. The molecule has 2 aromatic carbocycles. The number of carbonyl (C=O) groups is 1. The number of hydrogen-bond donors (Lipinski definition) is 2. The van der Waals surface area contributed by atoms with Gasteiger partial charge in [-0.05, 0) is 43.2 Å². The second kappa shape index (κ2) is 8.50. The Morgan fingerprint density at radius 1 is 1.17 bits per heavy atom. The highest BCUT2D eigenvalue weighted by Crippen LogP contribution is 2.18. The molecular formula is C20H27N2O2+. The highest BCUT2D eigenvalue weighted by atomic mass is 16.5. The van der Waals surface area contributed by atoms with Crippen molar-refractivity contribution in [1.82, 2.24) is 0 Å². The lowest BCUT2D eigenvalue weighted by Crippen LogP contribution is -3.08. The molecule has 0 saturated heterocycles. The monoisotopic (exact) mass is 327 g/mol. The largest absolute Gasteiger partial charge is 0.496 e. The van der Waals surface area contributed by atoms with Gasteiger partial charge in [0.25, 0.3) is 5.91 Å². The first-order valence-electron chi connectivity index (χ1n) is 8.35. The zero-order valence-electron chi connectivity index (χ0n) is 15.0. The van der Waals surface area contributed by atoms with Crippen LogP contribution < -0.4 is 15.0 Å². The van der Waals surface area contributed by atoms with E-state index in [0.29, 0.717) is 6.54 Å². The average Bonchev–Trinajstić information content (AvgIpc) is 2.55. The predicted molar refractivity (Wildman–Crippen MR) is 97.6 cm³/mol. The Labute approximate surface area is 144 Å². The molecule has 1 atom stereocenters. The molecule has 0 saturated carbocycles. The van der Waals surface area contributed by atoms with Crippen molar-refractivity contribution in [3.63, 3.8) is 0 Å². The Morgan fingerprint density at radius 3 is 2.50 bits per heavy atom. The van der Waals surface area contributed by atoms with Crippen LogP contribution in [0.3, 0.4) is 0 Å². The molecule has 0 bridgehead atoms. The van der Waals surface area contributed by atoms with Crippen LogP contribution in [-0.2, 0) is 17.8 Å². The number of likely N-dealkylation sites (N-methyl/N-ethyl adjacent to an activating group) is 1. The van der Waals surface area contributed by atoms with Gasteiger partial charge in [0, 0.05) is 11.3 Å². The van der Waals surface area contributed by atoms with Gasteiger partial charge in [0.2, 0.25) is 0 Å². The molecule has 128 valence electrons. The predicted octanol–water partition coefficient (Wildman–Crippen LogP) is 2.22. The number of amides is 1. The number of carbonyl (C=O) groups excluding carboxylic acids is 1. The number of anilines is 1. The number of aryl methyl sites for hydroxylation is 2. The van der Waals surface area contributed by atoms with Gasteiger partial charge in [-0.2, -0.15) is 0 Å². The van der Waals surface area contributed by atoms with Crippen LogP contribution in [0.5, 0.6) is 5.75 Å². The summed E-state index contributed by atoms with van der Waals surface area (Å²) in [6, 6.07) is 14.1. The fraction of sp³-hybridized carbons (Fsp3) is 0.350. The van der Waals surface area contributed by atoms with E-state index in [1.807, 2.05) is 43.4 Å². The van der Waals surface area contributed by atoms with Crippen LogP contribution in [0.15, 0.2) is 42.5 Å². The molecule has 2 rings (SSSR count). The lowest BCUT2D eigenvalue weighted by Gasteiger charge is -2.16. The molecule has 0 aliphatic heterocycles. The minimum atomic E-state index is 0.0170.